The van der Waals surface area contributed by atoms with E-state index in [1.807, 2.05) is 44.2 Å². The molecule has 1 aliphatic heterocycles. The Morgan fingerprint density at radius 2 is 2.14 bits per heavy atom. The number of rotatable bonds is 6. The van der Waals surface area contributed by atoms with E-state index in [1.54, 1.807) is 0 Å². The van der Waals surface area contributed by atoms with Crippen molar-refractivity contribution in [3.8, 4) is 0 Å². The first-order chi connectivity index (χ1) is 9.96. The van der Waals surface area contributed by atoms with E-state index in [1.165, 1.54) is 0 Å². The van der Waals surface area contributed by atoms with Gasteiger partial charge in [-0.05, 0) is 19.4 Å². The predicted molar refractivity (Wildman–Crippen MR) is 83.1 cm³/mol. The van der Waals surface area contributed by atoms with Crippen molar-refractivity contribution >= 4 is 22.9 Å². The highest BCUT2D eigenvalue weighted by molar-refractivity contribution is 8.14. The first-order valence-electron chi connectivity index (χ1n) is 6.83. The molecule has 2 rings (SSSR count). The van der Waals surface area contributed by atoms with Crippen molar-refractivity contribution in [3.05, 3.63) is 35.9 Å². The lowest BCUT2D eigenvalue weighted by molar-refractivity contribution is -0.124. The van der Waals surface area contributed by atoms with Gasteiger partial charge in [0.15, 0.2) is 0 Å². The molecule has 0 spiro atoms. The van der Waals surface area contributed by atoms with Crippen molar-refractivity contribution in [1.82, 2.24) is 10.6 Å². The number of thioether (sulfide) groups is 1. The van der Waals surface area contributed by atoms with Gasteiger partial charge in [0.25, 0.3) is 5.24 Å². The summed E-state index contributed by atoms with van der Waals surface area (Å²) in [5.41, 5.74) is 0.614. The Hall–Kier alpha value is -1.53. The smallest absolute Gasteiger partial charge is 0.279 e. The van der Waals surface area contributed by atoms with Crippen LogP contribution in [0.3, 0.4) is 0 Å². The van der Waals surface area contributed by atoms with E-state index < -0.39 is 11.6 Å². The maximum absolute atomic E-state index is 12.0. The second-order valence-electron chi connectivity index (χ2n) is 5.65. The van der Waals surface area contributed by atoms with E-state index in [9.17, 15) is 9.59 Å². The van der Waals surface area contributed by atoms with E-state index >= 15 is 0 Å². The molecule has 1 fully saturated rings. The molecule has 0 aromatic heterocycles. The third-order valence-electron chi connectivity index (χ3n) is 3.03. The predicted octanol–water partition coefficient (Wildman–Crippen LogP) is 1.92. The van der Waals surface area contributed by atoms with Gasteiger partial charge in [-0.2, -0.15) is 0 Å². The van der Waals surface area contributed by atoms with Gasteiger partial charge < -0.3 is 15.4 Å². The van der Waals surface area contributed by atoms with Crippen LogP contribution < -0.4 is 10.6 Å². The minimum absolute atomic E-state index is 0.145. The van der Waals surface area contributed by atoms with Crippen molar-refractivity contribution in [2.24, 2.45) is 0 Å². The molecule has 1 aromatic carbocycles. The highest BCUT2D eigenvalue weighted by atomic mass is 32.2. The first kappa shape index (κ1) is 15.9. The van der Waals surface area contributed by atoms with Crippen LogP contribution >= 0.6 is 11.8 Å². The quantitative estimate of drug-likeness (QED) is 0.842. The summed E-state index contributed by atoms with van der Waals surface area (Å²) in [5, 5.41) is 5.40. The zero-order valence-electron chi connectivity index (χ0n) is 12.2. The van der Waals surface area contributed by atoms with Crippen LogP contribution in [0, 0.1) is 0 Å². The van der Waals surface area contributed by atoms with E-state index in [0.717, 1.165) is 17.3 Å². The third-order valence-corrected chi connectivity index (χ3v) is 3.91. The molecule has 1 atom stereocenters. The molecule has 5 nitrogen and oxygen atoms in total. The lowest BCUT2D eigenvalue weighted by Crippen LogP contribution is -2.53. The van der Waals surface area contributed by atoms with Gasteiger partial charge in [0, 0.05) is 5.75 Å². The van der Waals surface area contributed by atoms with Crippen molar-refractivity contribution in [2.75, 3.05) is 12.4 Å². The van der Waals surface area contributed by atoms with Gasteiger partial charge in [0.2, 0.25) is 5.91 Å². The van der Waals surface area contributed by atoms with Crippen LogP contribution in [0.1, 0.15) is 19.4 Å². The molecule has 0 radical (unpaired) electrons. The number of hydrogen-bond acceptors (Lipinski definition) is 4. The molecule has 0 aliphatic carbocycles. The summed E-state index contributed by atoms with van der Waals surface area (Å²) < 4.78 is 5.66. The minimum atomic E-state index is -0.482. The van der Waals surface area contributed by atoms with Crippen LogP contribution in [0.4, 0.5) is 4.79 Å². The second-order valence-corrected chi connectivity index (χ2v) is 6.64. The molecule has 0 unspecified atom stereocenters. The number of carbonyl (C=O) groups is 2. The van der Waals surface area contributed by atoms with E-state index in [4.69, 9.17) is 4.74 Å². The Labute approximate surface area is 128 Å². The molecule has 2 N–H and O–H groups in total. The van der Waals surface area contributed by atoms with Crippen LogP contribution in [0.25, 0.3) is 0 Å². The van der Waals surface area contributed by atoms with Crippen LogP contribution in [0.5, 0.6) is 0 Å². The van der Waals surface area contributed by atoms with Crippen molar-refractivity contribution in [3.63, 3.8) is 0 Å². The molecule has 1 heterocycles. The SMILES string of the molecule is CC(C)(COCc1ccccc1)NC(=O)[C@H]1CSC(=O)N1. The Balaban J connectivity index is 1.76. The molecule has 6 heteroatoms. The lowest BCUT2D eigenvalue weighted by Gasteiger charge is -2.27. The molecule has 1 aliphatic rings. The second kappa shape index (κ2) is 6.95. The Bertz CT molecular complexity index is 505. The average Bonchev–Trinajstić information content (AvgIpc) is 2.86. The molecular weight excluding hydrogens is 288 g/mol. The summed E-state index contributed by atoms with van der Waals surface area (Å²) in [5.74, 6) is 0.313. The van der Waals surface area contributed by atoms with E-state index in [-0.39, 0.29) is 11.1 Å². The molecule has 2 amide bonds. The van der Waals surface area contributed by atoms with Crippen LogP contribution in [0.15, 0.2) is 30.3 Å². The number of benzene rings is 1. The number of hydrogen-bond donors (Lipinski definition) is 2. The van der Waals surface area contributed by atoms with Gasteiger partial charge in [-0.1, -0.05) is 42.1 Å². The Kier molecular flexibility index (Phi) is 5.25. The summed E-state index contributed by atoms with van der Waals surface area (Å²) in [6, 6.07) is 9.43. The van der Waals surface area contributed by atoms with Crippen molar-refractivity contribution < 1.29 is 14.3 Å². The number of ether oxygens (including phenoxy) is 1. The van der Waals surface area contributed by atoms with Crippen LogP contribution in [0.2, 0.25) is 0 Å². The largest absolute Gasteiger partial charge is 0.374 e. The monoisotopic (exact) mass is 308 g/mol. The van der Waals surface area contributed by atoms with E-state index in [0.29, 0.717) is 19.0 Å². The maximum atomic E-state index is 12.0. The number of nitrogens with one attached hydrogen (secondary N) is 2. The Morgan fingerprint density at radius 3 is 2.76 bits per heavy atom. The fraction of sp³-hybridized carbons (Fsp3) is 0.467. The molecule has 114 valence electrons. The summed E-state index contributed by atoms with van der Waals surface area (Å²) >= 11 is 1.13. The highest BCUT2D eigenvalue weighted by Gasteiger charge is 2.31. The van der Waals surface area contributed by atoms with Gasteiger partial charge in [-0.3, -0.25) is 9.59 Å². The van der Waals surface area contributed by atoms with Gasteiger partial charge in [-0.25, -0.2) is 0 Å². The van der Waals surface area contributed by atoms with Crippen molar-refractivity contribution in [1.29, 1.82) is 0 Å². The molecule has 0 bridgehead atoms. The zero-order chi connectivity index (χ0) is 15.3. The van der Waals surface area contributed by atoms with Gasteiger partial charge in [0.1, 0.15) is 6.04 Å². The third kappa shape index (κ3) is 5.06. The van der Waals surface area contributed by atoms with Crippen LogP contribution in [-0.4, -0.2) is 35.1 Å². The van der Waals surface area contributed by atoms with E-state index in [2.05, 4.69) is 10.6 Å². The fourth-order valence-electron chi connectivity index (χ4n) is 1.98. The topological polar surface area (TPSA) is 67.4 Å². The number of amides is 2. The average molecular weight is 308 g/mol. The summed E-state index contributed by atoms with van der Waals surface area (Å²) in [4.78, 5) is 23.1. The number of carbonyl (C=O) groups excluding carboxylic acids is 2. The molecule has 1 aromatic rings. The molecule has 1 saturated heterocycles. The summed E-state index contributed by atoms with van der Waals surface area (Å²) in [6.45, 7) is 4.72. The maximum Gasteiger partial charge on any atom is 0.279 e. The summed E-state index contributed by atoms with van der Waals surface area (Å²) in [6.07, 6.45) is 0. The Morgan fingerprint density at radius 1 is 1.43 bits per heavy atom. The molecule has 0 saturated carbocycles. The van der Waals surface area contributed by atoms with Gasteiger partial charge >= 0.3 is 0 Å². The zero-order valence-corrected chi connectivity index (χ0v) is 13.0. The van der Waals surface area contributed by atoms with Crippen molar-refractivity contribution in [2.45, 2.75) is 32.0 Å². The normalized spacial score (nSPS) is 18.4. The van der Waals surface area contributed by atoms with Gasteiger partial charge in [-0.15, -0.1) is 0 Å². The summed E-state index contributed by atoms with van der Waals surface area (Å²) in [7, 11) is 0. The standard InChI is InChI=1S/C15H20N2O3S/c1-15(2,10-20-8-11-6-4-3-5-7-11)17-13(18)12-9-21-14(19)16-12/h3-7,12H,8-10H2,1-2H3,(H,16,19)(H,17,18)/t12-/m1/s1. The first-order valence-corrected chi connectivity index (χ1v) is 7.82. The molecular formula is C15H20N2O3S. The highest BCUT2D eigenvalue weighted by Crippen LogP contribution is 2.14. The van der Waals surface area contributed by atoms with Crippen LogP contribution in [-0.2, 0) is 16.1 Å². The minimum Gasteiger partial charge on any atom is -0.374 e. The molecule has 21 heavy (non-hydrogen) atoms. The van der Waals surface area contributed by atoms with Gasteiger partial charge in [0.05, 0.1) is 18.8 Å². The fourth-order valence-corrected chi connectivity index (χ4v) is 2.76. The lowest BCUT2D eigenvalue weighted by atomic mass is 10.1.